The number of carbonyl (C=O) groups excluding carboxylic acids is 1. The van der Waals surface area contributed by atoms with Crippen LogP contribution in [0.5, 0.6) is 0 Å². The van der Waals surface area contributed by atoms with E-state index in [2.05, 4.69) is 10.5 Å². The standard InChI is InChI=1S/C17H14Cl2N2O/c1-12(7-8-13-5-3-2-4-6-13)20-21-17(22)14-9-10-15(18)16(19)11-14/h2-11H,1H3,(H,21,22). The number of nitrogens with one attached hydrogen (secondary N) is 1. The van der Waals surface area contributed by atoms with Crippen LogP contribution in [0, 0.1) is 0 Å². The van der Waals surface area contributed by atoms with Crippen molar-refractivity contribution in [3.8, 4) is 0 Å². The number of hydrogen-bond acceptors (Lipinski definition) is 2. The average Bonchev–Trinajstić information content (AvgIpc) is 2.54. The van der Waals surface area contributed by atoms with E-state index in [4.69, 9.17) is 23.2 Å². The summed E-state index contributed by atoms with van der Waals surface area (Å²) in [6, 6.07) is 14.5. The first kappa shape index (κ1) is 16.3. The van der Waals surface area contributed by atoms with E-state index in [-0.39, 0.29) is 5.91 Å². The van der Waals surface area contributed by atoms with E-state index in [0.29, 0.717) is 21.3 Å². The fourth-order valence-corrected chi connectivity index (χ4v) is 1.96. The van der Waals surface area contributed by atoms with Gasteiger partial charge in [-0.25, -0.2) is 5.43 Å². The molecule has 1 N–H and O–H groups in total. The van der Waals surface area contributed by atoms with Crippen LogP contribution in [0.4, 0.5) is 0 Å². The summed E-state index contributed by atoms with van der Waals surface area (Å²) in [5.41, 5.74) is 4.62. The lowest BCUT2D eigenvalue weighted by Gasteiger charge is -2.02. The molecular formula is C17H14Cl2N2O. The monoisotopic (exact) mass is 332 g/mol. The molecule has 3 nitrogen and oxygen atoms in total. The maximum Gasteiger partial charge on any atom is 0.271 e. The van der Waals surface area contributed by atoms with E-state index in [9.17, 15) is 4.79 Å². The summed E-state index contributed by atoms with van der Waals surface area (Å²) in [7, 11) is 0. The lowest BCUT2D eigenvalue weighted by Crippen LogP contribution is -2.18. The molecule has 2 aromatic carbocycles. The van der Waals surface area contributed by atoms with Gasteiger partial charge in [-0.05, 0) is 36.8 Å². The smallest absolute Gasteiger partial charge is 0.267 e. The fraction of sp³-hybridized carbons (Fsp3) is 0.0588. The Hall–Kier alpha value is -2.10. The van der Waals surface area contributed by atoms with Gasteiger partial charge in [-0.15, -0.1) is 0 Å². The van der Waals surface area contributed by atoms with E-state index < -0.39 is 0 Å². The Balaban J connectivity index is 1.99. The van der Waals surface area contributed by atoms with Crippen molar-refractivity contribution in [2.45, 2.75) is 6.92 Å². The van der Waals surface area contributed by atoms with Crippen molar-refractivity contribution in [2.75, 3.05) is 0 Å². The Bertz CT molecular complexity index is 725. The van der Waals surface area contributed by atoms with Gasteiger partial charge in [-0.1, -0.05) is 59.6 Å². The molecule has 0 radical (unpaired) electrons. The molecule has 0 saturated heterocycles. The van der Waals surface area contributed by atoms with E-state index in [0.717, 1.165) is 5.56 Å². The number of hydrogen-bond donors (Lipinski definition) is 1. The van der Waals surface area contributed by atoms with Crippen molar-refractivity contribution in [3.63, 3.8) is 0 Å². The predicted octanol–water partition coefficient (Wildman–Crippen LogP) is 4.81. The van der Waals surface area contributed by atoms with E-state index >= 15 is 0 Å². The largest absolute Gasteiger partial charge is 0.271 e. The summed E-state index contributed by atoms with van der Waals surface area (Å²) in [4.78, 5) is 11.9. The first-order valence-corrected chi connectivity index (χ1v) is 7.34. The molecule has 0 bridgehead atoms. The van der Waals surface area contributed by atoms with E-state index in [1.807, 2.05) is 42.5 Å². The van der Waals surface area contributed by atoms with Gasteiger partial charge in [-0.2, -0.15) is 5.10 Å². The zero-order valence-corrected chi connectivity index (χ0v) is 13.4. The molecule has 0 aromatic heterocycles. The molecule has 2 aromatic rings. The molecule has 5 heteroatoms. The lowest BCUT2D eigenvalue weighted by atomic mass is 10.2. The van der Waals surface area contributed by atoms with Gasteiger partial charge in [0.1, 0.15) is 0 Å². The van der Waals surface area contributed by atoms with Gasteiger partial charge in [-0.3, -0.25) is 4.79 Å². The second-order valence-electron chi connectivity index (χ2n) is 4.57. The molecule has 0 heterocycles. The van der Waals surface area contributed by atoms with Gasteiger partial charge in [0.2, 0.25) is 0 Å². The predicted molar refractivity (Wildman–Crippen MR) is 92.5 cm³/mol. The summed E-state index contributed by atoms with van der Waals surface area (Å²) in [5.74, 6) is -0.342. The van der Waals surface area contributed by atoms with Crippen molar-refractivity contribution in [1.29, 1.82) is 0 Å². The van der Waals surface area contributed by atoms with E-state index in [1.165, 1.54) is 6.07 Å². The molecule has 0 aliphatic rings. The van der Waals surface area contributed by atoms with Crippen molar-refractivity contribution in [2.24, 2.45) is 5.10 Å². The number of carbonyl (C=O) groups is 1. The average molecular weight is 333 g/mol. The van der Waals surface area contributed by atoms with Crippen molar-refractivity contribution < 1.29 is 4.79 Å². The van der Waals surface area contributed by atoms with Gasteiger partial charge in [0.15, 0.2) is 0 Å². The van der Waals surface area contributed by atoms with Crippen LogP contribution in [0.1, 0.15) is 22.8 Å². The van der Waals surface area contributed by atoms with Gasteiger partial charge in [0.25, 0.3) is 5.91 Å². The highest BCUT2D eigenvalue weighted by molar-refractivity contribution is 6.42. The fourth-order valence-electron chi connectivity index (χ4n) is 1.66. The molecule has 0 aliphatic carbocycles. The third kappa shape index (κ3) is 4.72. The minimum absolute atomic E-state index is 0.332. The maximum atomic E-state index is 11.9. The van der Waals surface area contributed by atoms with Crippen LogP contribution in [0.25, 0.3) is 6.08 Å². The zero-order valence-electron chi connectivity index (χ0n) is 11.9. The van der Waals surface area contributed by atoms with Gasteiger partial charge >= 0.3 is 0 Å². The molecule has 2 rings (SSSR count). The number of hydrazone groups is 1. The Labute approximate surface area is 139 Å². The SMILES string of the molecule is CC(C=Cc1ccccc1)=NNC(=O)c1ccc(Cl)c(Cl)c1. The molecule has 22 heavy (non-hydrogen) atoms. The zero-order chi connectivity index (χ0) is 15.9. The Morgan fingerprint density at radius 2 is 1.82 bits per heavy atom. The Kier molecular flexibility index (Phi) is 5.75. The minimum Gasteiger partial charge on any atom is -0.267 e. The number of rotatable bonds is 4. The number of allylic oxidation sites excluding steroid dienone is 1. The summed E-state index contributed by atoms with van der Waals surface area (Å²) < 4.78 is 0. The molecule has 1 amide bonds. The number of amides is 1. The first-order chi connectivity index (χ1) is 10.6. The van der Waals surface area contributed by atoms with Crippen LogP contribution in [0.3, 0.4) is 0 Å². The van der Waals surface area contributed by atoms with Gasteiger partial charge in [0, 0.05) is 5.56 Å². The second kappa shape index (κ2) is 7.78. The second-order valence-corrected chi connectivity index (χ2v) is 5.38. The first-order valence-electron chi connectivity index (χ1n) is 6.59. The van der Waals surface area contributed by atoms with Crippen molar-refractivity contribution >= 4 is 40.9 Å². The molecule has 0 aliphatic heterocycles. The minimum atomic E-state index is -0.342. The highest BCUT2D eigenvalue weighted by Gasteiger charge is 2.06. The third-order valence-electron chi connectivity index (χ3n) is 2.83. The molecular weight excluding hydrogens is 319 g/mol. The normalized spacial score (nSPS) is 11.7. The van der Waals surface area contributed by atoms with Crippen molar-refractivity contribution in [3.05, 3.63) is 75.8 Å². The molecule has 0 spiro atoms. The molecule has 0 fully saturated rings. The number of halogens is 2. The molecule has 0 atom stereocenters. The van der Waals surface area contributed by atoms with Crippen LogP contribution in [-0.4, -0.2) is 11.6 Å². The lowest BCUT2D eigenvalue weighted by molar-refractivity contribution is 0.0955. The van der Waals surface area contributed by atoms with Crippen LogP contribution in [0.2, 0.25) is 10.0 Å². The Morgan fingerprint density at radius 3 is 2.50 bits per heavy atom. The van der Waals surface area contributed by atoms with Crippen LogP contribution < -0.4 is 5.43 Å². The molecule has 0 saturated carbocycles. The summed E-state index contributed by atoms with van der Waals surface area (Å²) in [6.07, 6.45) is 3.74. The summed E-state index contributed by atoms with van der Waals surface area (Å²) in [5, 5.41) is 4.76. The van der Waals surface area contributed by atoms with E-state index in [1.54, 1.807) is 19.1 Å². The molecule has 112 valence electrons. The van der Waals surface area contributed by atoms with Crippen LogP contribution in [-0.2, 0) is 0 Å². The third-order valence-corrected chi connectivity index (χ3v) is 3.57. The number of nitrogens with zero attached hydrogens (tertiary/aromatic N) is 1. The highest BCUT2D eigenvalue weighted by atomic mass is 35.5. The van der Waals surface area contributed by atoms with Gasteiger partial charge in [0.05, 0.1) is 15.8 Å². The van der Waals surface area contributed by atoms with Gasteiger partial charge < -0.3 is 0 Å². The van der Waals surface area contributed by atoms with Crippen molar-refractivity contribution in [1.82, 2.24) is 5.43 Å². The summed E-state index contributed by atoms with van der Waals surface area (Å²) in [6.45, 7) is 1.80. The van der Waals surface area contributed by atoms with Crippen LogP contribution >= 0.6 is 23.2 Å². The topological polar surface area (TPSA) is 41.5 Å². The van der Waals surface area contributed by atoms with Crippen LogP contribution in [0.15, 0.2) is 59.7 Å². The Morgan fingerprint density at radius 1 is 1.09 bits per heavy atom. The number of benzene rings is 2. The molecule has 0 unspecified atom stereocenters. The quantitative estimate of drug-likeness (QED) is 0.633. The maximum absolute atomic E-state index is 11.9. The summed E-state index contributed by atoms with van der Waals surface area (Å²) >= 11 is 11.7. The highest BCUT2D eigenvalue weighted by Crippen LogP contribution is 2.22.